The number of nitrogens with zero attached hydrogens (tertiary/aromatic N) is 3. The Balaban J connectivity index is 1.65. The Hall–Kier alpha value is -4.47. The van der Waals surface area contributed by atoms with Crippen LogP contribution in [0.4, 0.5) is 0 Å². The molecular weight excluding hydrogens is 544 g/mol. The lowest BCUT2D eigenvalue weighted by Gasteiger charge is -2.18. The first-order valence-electron chi connectivity index (χ1n) is 15.3. The number of imidazole rings is 1. The van der Waals surface area contributed by atoms with Gasteiger partial charge in [0.15, 0.2) is 17.2 Å². The molecule has 2 aromatic heterocycles. The highest BCUT2D eigenvalue weighted by atomic mass is 16.5. The van der Waals surface area contributed by atoms with Crippen LogP contribution in [-0.4, -0.2) is 44.0 Å². The third-order valence-corrected chi connectivity index (χ3v) is 7.57. The van der Waals surface area contributed by atoms with Crippen molar-refractivity contribution in [1.29, 1.82) is 0 Å². The van der Waals surface area contributed by atoms with Gasteiger partial charge in [-0.2, -0.15) is 0 Å². The number of primary amides is 1. The van der Waals surface area contributed by atoms with Gasteiger partial charge in [0.1, 0.15) is 11.3 Å². The summed E-state index contributed by atoms with van der Waals surface area (Å²) in [5.74, 6) is -0.198. The van der Waals surface area contributed by atoms with Gasteiger partial charge in [-0.15, -0.1) is 0 Å². The molecule has 43 heavy (non-hydrogen) atoms. The second-order valence-electron chi connectivity index (χ2n) is 10.7. The predicted octanol–water partition coefficient (Wildman–Crippen LogP) is 5.92. The quantitative estimate of drug-likeness (QED) is 0.139. The van der Waals surface area contributed by atoms with Gasteiger partial charge in [0, 0.05) is 11.6 Å². The van der Waals surface area contributed by atoms with Crippen molar-refractivity contribution in [3.8, 4) is 22.8 Å². The molecule has 0 saturated carbocycles. The number of hydrogen-bond donors (Lipinski definition) is 3. The highest BCUT2D eigenvalue weighted by Crippen LogP contribution is 2.25. The summed E-state index contributed by atoms with van der Waals surface area (Å²) in [4.78, 5) is 51.0. The molecule has 0 aliphatic heterocycles. The monoisotopic (exact) mass is 586 g/mol. The molecule has 0 spiro atoms. The fourth-order valence-electron chi connectivity index (χ4n) is 5.23. The van der Waals surface area contributed by atoms with Crippen molar-refractivity contribution in [2.75, 3.05) is 6.61 Å². The molecule has 2 amide bonds. The van der Waals surface area contributed by atoms with Crippen LogP contribution in [0.5, 0.6) is 5.75 Å². The largest absolute Gasteiger partial charge is 0.494 e. The highest BCUT2D eigenvalue weighted by Gasteiger charge is 2.23. The number of para-hydroxylation sites is 1. The van der Waals surface area contributed by atoms with Crippen LogP contribution in [0.15, 0.2) is 53.3 Å². The third kappa shape index (κ3) is 7.68. The smallest absolute Gasteiger partial charge is 0.332 e. The fourth-order valence-corrected chi connectivity index (χ4v) is 5.23. The fraction of sp³-hybridized carbons (Fsp3) is 0.424. The molecule has 2 aromatic carbocycles. The number of amides is 2. The molecule has 4 N–H and O–H groups in total. The second-order valence-corrected chi connectivity index (χ2v) is 10.7. The van der Waals surface area contributed by atoms with E-state index in [0.717, 1.165) is 25.7 Å². The van der Waals surface area contributed by atoms with Crippen molar-refractivity contribution in [2.45, 2.75) is 84.6 Å². The van der Waals surface area contributed by atoms with Gasteiger partial charge in [-0.1, -0.05) is 70.9 Å². The first-order valence-corrected chi connectivity index (χ1v) is 15.3. The van der Waals surface area contributed by atoms with E-state index in [-0.39, 0.29) is 34.6 Å². The van der Waals surface area contributed by atoms with Crippen LogP contribution in [0.2, 0.25) is 0 Å². The number of carbonyl (C=O) groups excluding carboxylic acids is 2. The Kier molecular flexibility index (Phi) is 11.1. The molecule has 1 unspecified atom stereocenters. The number of benzene rings is 2. The van der Waals surface area contributed by atoms with Crippen LogP contribution in [-0.2, 0) is 0 Å². The number of aromatic nitrogens is 4. The summed E-state index contributed by atoms with van der Waals surface area (Å²) in [6.45, 7) is 6.70. The Morgan fingerprint density at radius 2 is 1.65 bits per heavy atom. The van der Waals surface area contributed by atoms with Gasteiger partial charge >= 0.3 is 5.69 Å². The summed E-state index contributed by atoms with van der Waals surface area (Å²) in [5.41, 5.74) is 6.51. The van der Waals surface area contributed by atoms with Crippen molar-refractivity contribution in [3.63, 3.8) is 0 Å². The average Bonchev–Trinajstić information content (AvgIpc) is 3.35. The molecule has 2 heterocycles. The minimum Gasteiger partial charge on any atom is -0.494 e. The lowest BCUT2D eigenvalue weighted by molar-refractivity contribution is 0.0932. The topological polar surface area (TPSA) is 145 Å². The van der Waals surface area contributed by atoms with Crippen molar-refractivity contribution in [2.24, 2.45) is 5.73 Å². The molecule has 0 radical (unpaired) electrons. The van der Waals surface area contributed by atoms with Crippen molar-refractivity contribution in [1.82, 2.24) is 24.8 Å². The average molecular weight is 587 g/mol. The molecule has 0 saturated heterocycles. The number of fused-ring (bicyclic) bond motifs is 1. The zero-order valence-corrected chi connectivity index (χ0v) is 25.3. The molecule has 4 aromatic rings. The lowest BCUT2D eigenvalue weighted by atomic mass is 10.0. The number of nitrogens with two attached hydrogens (primary N) is 1. The normalized spacial score (nSPS) is 11.9. The number of carbonyl (C=O) groups is 2. The number of nitrogens with one attached hydrogen (secondary N) is 2. The second kappa shape index (κ2) is 15.1. The van der Waals surface area contributed by atoms with Crippen LogP contribution in [0, 0.1) is 0 Å². The van der Waals surface area contributed by atoms with Crippen LogP contribution in [0.1, 0.15) is 99.4 Å². The van der Waals surface area contributed by atoms with Gasteiger partial charge in [-0.25, -0.2) is 19.3 Å². The maximum Gasteiger partial charge on any atom is 0.332 e. The molecule has 4 rings (SSSR count). The first-order chi connectivity index (χ1) is 20.9. The van der Waals surface area contributed by atoms with E-state index in [2.05, 4.69) is 34.1 Å². The third-order valence-electron chi connectivity index (χ3n) is 7.57. The molecule has 228 valence electrons. The van der Waals surface area contributed by atoms with E-state index < -0.39 is 11.6 Å². The summed E-state index contributed by atoms with van der Waals surface area (Å²) in [5, 5.41) is 3.16. The summed E-state index contributed by atoms with van der Waals surface area (Å²) in [7, 11) is 0. The van der Waals surface area contributed by atoms with Gasteiger partial charge in [-0.05, 0) is 56.2 Å². The number of aromatic amines is 1. The summed E-state index contributed by atoms with van der Waals surface area (Å²) < 4.78 is 6.82. The standard InChI is InChI=1S/C33H42N6O4/c1-4-7-8-9-10-11-12-15-23(5-2)35-32(41)25-16-13-14-17-26(25)39-31-28(37-33(39)42)27(29(34)40)36-30(38-31)22-18-20-24(21-19-22)43-6-3/h13-14,16-21,23H,4-12,15H2,1-3H3,(H2,34,40)(H,35,41)(H,37,42). The molecule has 0 aliphatic carbocycles. The number of ether oxygens (including phenoxy) is 1. The maximum absolute atomic E-state index is 13.6. The zero-order valence-electron chi connectivity index (χ0n) is 25.3. The Morgan fingerprint density at radius 3 is 2.33 bits per heavy atom. The number of rotatable bonds is 16. The van der Waals surface area contributed by atoms with Gasteiger partial charge in [-0.3, -0.25) is 9.59 Å². The van der Waals surface area contributed by atoms with E-state index in [1.165, 1.54) is 36.7 Å². The molecule has 0 fully saturated rings. The van der Waals surface area contributed by atoms with E-state index >= 15 is 0 Å². The summed E-state index contributed by atoms with van der Waals surface area (Å²) >= 11 is 0. The Bertz CT molecular complexity index is 1590. The first kappa shape index (κ1) is 31.5. The van der Waals surface area contributed by atoms with Gasteiger partial charge in [0.25, 0.3) is 11.8 Å². The van der Waals surface area contributed by atoms with Crippen LogP contribution in [0.25, 0.3) is 28.2 Å². The lowest BCUT2D eigenvalue weighted by Crippen LogP contribution is -2.35. The van der Waals surface area contributed by atoms with E-state index in [1.807, 2.05) is 6.92 Å². The van der Waals surface area contributed by atoms with Gasteiger partial charge in [0.05, 0.1) is 17.9 Å². The minimum atomic E-state index is -0.810. The number of unbranched alkanes of at least 4 members (excludes halogenated alkanes) is 6. The molecular formula is C33H42N6O4. The minimum absolute atomic E-state index is 0.0194. The van der Waals surface area contributed by atoms with Gasteiger partial charge < -0.3 is 20.8 Å². The van der Waals surface area contributed by atoms with E-state index in [0.29, 0.717) is 29.2 Å². The Morgan fingerprint density at radius 1 is 0.953 bits per heavy atom. The van der Waals surface area contributed by atoms with Crippen molar-refractivity contribution >= 4 is 23.0 Å². The molecule has 10 heteroatoms. The zero-order chi connectivity index (χ0) is 30.8. The number of H-pyrrole nitrogens is 1. The maximum atomic E-state index is 13.6. The van der Waals surface area contributed by atoms with Gasteiger partial charge in [0.2, 0.25) is 0 Å². The van der Waals surface area contributed by atoms with E-state index in [1.54, 1.807) is 48.5 Å². The molecule has 1 atom stereocenters. The van der Waals surface area contributed by atoms with Crippen LogP contribution < -0.4 is 21.5 Å². The van der Waals surface area contributed by atoms with Crippen molar-refractivity contribution in [3.05, 3.63) is 70.3 Å². The van der Waals surface area contributed by atoms with E-state index in [9.17, 15) is 14.4 Å². The van der Waals surface area contributed by atoms with E-state index in [4.69, 9.17) is 10.5 Å². The highest BCUT2D eigenvalue weighted by molar-refractivity contribution is 6.03. The molecule has 0 aliphatic rings. The predicted molar refractivity (Wildman–Crippen MR) is 169 cm³/mol. The number of hydrogen-bond acceptors (Lipinski definition) is 6. The SMILES string of the molecule is CCCCCCCCCC(CC)NC(=O)c1ccccc1-n1c(=O)[nH]c2c(C(N)=O)nc(-c3ccc(OCC)cc3)nc21. The summed E-state index contributed by atoms with van der Waals surface area (Å²) in [6, 6.07) is 14.0. The molecule has 0 bridgehead atoms. The molecule has 10 nitrogen and oxygen atoms in total. The summed E-state index contributed by atoms with van der Waals surface area (Å²) in [6.07, 6.45) is 10.2. The van der Waals surface area contributed by atoms with Crippen LogP contribution in [0.3, 0.4) is 0 Å². The Labute approximate surface area is 252 Å². The van der Waals surface area contributed by atoms with Crippen LogP contribution >= 0.6 is 0 Å². The van der Waals surface area contributed by atoms with Crippen molar-refractivity contribution < 1.29 is 14.3 Å².